The molecule has 4 heteroatoms. The van der Waals surface area contributed by atoms with Gasteiger partial charge >= 0.3 is 0 Å². The highest BCUT2D eigenvalue weighted by Gasteiger charge is 2.25. The number of rotatable bonds is 2. The van der Waals surface area contributed by atoms with Gasteiger partial charge in [0.2, 0.25) is 16.9 Å². The normalized spacial score (nSPS) is 10.8. The van der Waals surface area contributed by atoms with E-state index in [0.717, 1.165) is 44.9 Å². The first-order chi connectivity index (χ1) is 13.5. The van der Waals surface area contributed by atoms with E-state index in [1.807, 2.05) is 55.6 Å². The van der Waals surface area contributed by atoms with Crippen molar-refractivity contribution >= 4 is 16.7 Å². The molecule has 0 amide bonds. The van der Waals surface area contributed by atoms with Crippen molar-refractivity contribution in [1.82, 2.24) is 4.98 Å². The summed E-state index contributed by atoms with van der Waals surface area (Å²) in [5.74, 6) is 0. The van der Waals surface area contributed by atoms with E-state index in [0.29, 0.717) is 5.69 Å². The van der Waals surface area contributed by atoms with E-state index in [4.69, 9.17) is 11.6 Å². The Morgan fingerprint density at radius 2 is 1.71 bits per heavy atom. The van der Waals surface area contributed by atoms with Crippen LogP contribution in [0.5, 0.6) is 0 Å². The second-order valence-corrected chi connectivity index (χ2v) is 7.05. The molecule has 4 nitrogen and oxygen atoms in total. The molecule has 0 saturated heterocycles. The van der Waals surface area contributed by atoms with Gasteiger partial charge in [-0.05, 0) is 26.0 Å². The van der Waals surface area contributed by atoms with Crippen LogP contribution in [0.4, 0.5) is 5.69 Å². The van der Waals surface area contributed by atoms with Crippen molar-refractivity contribution in [2.45, 2.75) is 20.8 Å². The number of nitrogens with zero attached hydrogens (tertiary/aromatic N) is 4. The van der Waals surface area contributed by atoms with Gasteiger partial charge in [-0.3, -0.25) is 0 Å². The molecule has 2 aromatic heterocycles. The van der Waals surface area contributed by atoms with Crippen molar-refractivity contribution in [3.63, 3.8) is 0 Å². The van der Waals surface area contributed by atoms with E-state index in [2.05, 4.69) is 47.0 Å². The zero-order valence-corrected chi connectivity index (χ0v) is 16.6. The number of para-hydroxylation sites is 2. The first-order valence-corrected chi connectivity index (χ1v) is 9.26. The van der Waals surface area contributed by atoms with Crippen molar-refractivity contribution in [3.05, 3.63) is 89.2 Å². The summed E-state index contributed by atoms with van der Waals surface area (Å²) >= 11 is 0. The molecule has 4 aromatic rings. The van der Waals surface area contributed by atoms with Gasteiger partial charge in [-0.2, -0.15) is 9.13 Å². The number of aryl methyl sites for hydroxylation is 3. The summed E-state index contributed by atoms with van der Waals surface area (Å²) in [5, 5.41) is 0. The number of benzene rings is 2. The van der Waals surface area contributed by atoms with Crippen LogP contribution in [0, 0.1) is 27.3 Å². The second kappa shape index (κ2) is 6.86. The van der Waals surface area contributed by atoms with Crippen LogP contribution in [0.3, 0.4) is 0 Å². The van der Waals surface area contributed by atoms with Gasteiger partial charge in [0.15, 0.2) is 17.6 Å². The van der Waals surface area contributed by atoms with Crippen LogP contribution in [-0.2, 0) is 7.05 Å². The van der Waals surface area contributed by atoms with Crippen molar-refractivity contribution in [2.24, 2.45) is 7.05 Å². The zero-order chi connectivity index (χ0) is 19.8. The quantitative estimate of drug-likeness (QED) is 0.379. The maximum absolute atomic E-state index is 7.62. The lowest BCUT2D eigenvalue weighted by atomic mass is 9.99. The molecule has 0 fully saturated rings. The van der Waals surface area contributed by atoms with Gasteiger partial charge < -0.3 is 0 Å². The summed E-state index contributed by atoms with van der Waals surface area (Å²) in [4.78, 5) is 8.57. The Labute approximate surface area is 165 Å². The number of fused-ring (bicyclic) bond motifs is 1. The first-order valence-electron chi connectivity index (χ1n) is 9.26. The third-order valence-electron chi connectivity index (χ3n) is 5.28. The molecular formula is C24H22N4+2. The van der Waals surface area contributed by atoms with Gasteiger partial charge in [0, 0.05) is 42.3 Å². The lowest BCUT2D eigenvalue weighted by Crippen LogP contribution is -2.36. The summed E-state index contributed by atoms with van der Waals surface area (Å²) < 4.78 is 4.32. The van der Waals surface area contributed by atoms with Crippen LogP contribution < -0.4 is 9.13 Å². The van der Waals surface area contributed by atoms with Crippen molar-refractivity contribution in [2.75, 3.05) is 0 Å². The molecular weight excluding hydrogens is 344 g/mol. The van der Waals surface area contributed by atoms with Gasteiger partial charge in [0.25, 0.3) is 0 Å². The van der Waals surface area contributed by atoms with Crippen LogP contribution in [-0.4, -0.2) is 4.98 Å². The molecule has 4 rings (SSSR count). The molecule has 0 radical (unpaired) electrons. The number of aromatic nitrogens is 3. The Kier molecular flexibility index (Phi) is 4.37. The minimum absolute atomic E-state index is 0.624. The van der Waals surface area contributed by atoms with Crippen LogP contribution in [0.1, 0.15) is 17.0 Å². The summed E-state index contributed by atoms with van der Waals surface area (Å²) in [6.07, 6.45) is 2.04. The van der Waals surface area contributed by atoms with E-state index < -0.39 is 0 Å². The lowest BCUT2D eigenvalue weighted by molar-refractivity contribution is -0.634. The monoisotopic (exact) mass is 366 g/mol. The number of pyridine rings is 1. The van der Waals surface area contributed by atoms with Gasteiger partial charge in [-0.15, -0.1) is 0 Å². The van der Waals surface area contributed by atoms with E-state index in [9.17, 15) is 0 Å². The molecule has 0 bridgehead atoms. The average molecular weight is 366 g/mol. The highest BCUT2D eigenvalue weighted by atomic mass is 15.0. The summed E-state index contributed by atoms with van der Waals surface area (Å²) in [6, 6.07) is 18.2. The highest BCUT2D eigenvalue weighted by molar-refractivity contribution is 5.77. The smallest absolute Gasteiger partial charge is 0.233 e. The summed E-state index contributed by atoms with van der Waals surface area (Å²) in [7, 11) is 2.07. The Morgan fingerprint density at radius 1 is 0.964 bits per heavy atom. The molecule has 28 heavy (non-hydrogen) atoms. The average Bonchev–Trinajstić information content (AvgIpc) is 2.70. The molecule has 0 unspecified atom stereocenters. The molecule has 136 valence electrons. The third-order valence-corrected chi connectivity index (χ3v) is 5.28. The van der Waals surface area contributed by atoms with Crippen LogP contribution >= 0.6 is 0 Å². The number of hydrogen-bond donors (Lipinski definition) is 0. The van der Waals surface area contributed by atoms with Crippen LogP contribution in [0.25, 0.3) is 32.8 Å². The Hall–Kier alpha value is -3.58. The molecule has 0 aliphatic rings. The molecule has 0 aliphatic heterocycles. The van der Waals surface area contributed by atoms with Crippen molar-refractivity contribution in [3.8, 4) is 16.9 Å². The molecule has 0 atom stereocenters. The Morgan fingerprint density at radius 3 is 2.46 bits per heavy atom. The van der Waals surface area contributed by atoms with Crippen LogP contribution in [0.15, 0.2) is 60.8 Å². The Bertz CT molecular complexity index is 1270. The lowest BCUT2D eigenvalue weighted by Gasteiger charge is -2.11. The van der Waals surface area contributed by atoms with E-state index in [1.165, 1.54) is 0 Å². The first kappa shape index (κ1) is 17.8. The van der Waals surface area contributed by atoms with Gasteiger partial charge in [-0.25, -0.2) is 9.83 Å². The maximum Gasteiger partial charge on any atom is 0.233 e. The molecule has 0 N–H and O–H groups in total. The largest absolute Gasteiger partial charge is 0.240 e. The predicted octanol–water partition coefficient (Wildman–Crippen LogP) is 4.48. The topological polar surface area (TPSA) is 25.0 Å². The van der Waals surface area contributed by atoms with E-state index in [1.54, 1.807) is 0 Å². The minimum atomic E-state index is 0.624. The molecule has 0 spiro atoms. The molecule has 2 heterocycles. The number of hydrogen-bond acceptors (Lipinski definition) is 1. The van der Waals surface area contributed by atoms with E-state index >= 15 is 0 Å². The molecule has 2 aromatic carbocycles. The van der Waals surface area contributed by atoms with Crippen molar-refractivity contribution in [1.29, 1.82) is 0 Å². The summed E-state index contributed by atoms with van der Waals surface area (Å²) in [6.45, 7) is 13.8. The standard InChI is InChI=1S/C24H22N4/c1-16-10-8-9-13-28(16)23-15-19(25-4)14-20(17(23)2)24-18(3)26-21-11-6-7-12-22(21)27(24)5/h6-15H,1-3,5H3/q+2. The van der Waals surface area contributed by atoms with Gasteiger partial charge in [-0.1, -0.05) is 18.2 Å². The minimum Gasteiger partial charge on any atom is -0.240 e. The fourth-order valence-electron chi connectivity index (χ4n) is 3.86. The SMILES string of the molecule is [C-]#[N+]c1cc(-c2c(C)nc3ccccc3[n+]2C)c(C)c(-[n+]2ccccc2C)c1. The van der Waals surface area contributed by atoms with Crippen LogP contribution in [0.2, 0.25) is 0 Å². The molecule has 0 aliphatic carbocycles. The maximum atomic E-state index is 7.62. The molecule has 0 saturated carbocycles. The zero-order valence-electron chi connectivity index (χ0n) is 16.6. The van der Waals surface area contributed by atoms with E-state index in [-0.39, 0.29) is 0 Å². The second-order valence-electron chi connectivity index (χ2n) is 7.05. The van der Waals surface area contributed by atoms with Gasteiger partial charge in [0.05, 0.1) is 6.57 Å². The fourth-order valence-corrected chi connectivity index (χ4v) is 3.86. The fraction of sp³-hybridized carbons (Fsp3) is 0.167. The van der Waals surface area contributed by atoms with Gasteiger partial charge in [0.1, 0.15) is 18.3 Å². The van der Waals surface area contributed by atoms with Crippen molar-refractivity contribution < 1.29 is 9.13 Å². The summed E-state index contributed by atoms with van der Waals surface area (Å²) in [5.41, 5.74) is 8.97. The Balaban J connectivity index is 2.07. The highest BCUT2D eigenvalue weighted by Crippen LogP contribution is 2.31. The predicted molar refractivity (Wildman–Crippen MR) is 110 cm³/mol. The third kappa shape index (κ3) is 2.82.